The average molecular weight is 819 g/mol. The summed E-state index contributed by atoms with van der Waals surface area (Å²) in [6, 6.07) is 16.0. The van der Waals surface area contributed by atoms with Crippen LogP contribution in [0.5, 0.6) is 0 Å². The van der Waals surface area contributed by atoms with E-state index in [9.17, 15) is 16.8 Å². The Balaban J connectivity index is 0.000000153. The molecule has 0 amide bonds. The molecule has 0 saturated heterocycles. The molecule has 56 heavy (non-hydrogen) atoms. The quantitative estimate of drug-likeness (QED) is 0.0808. The molecule has 0 atom stereocenters. The maximum atomic E-state index is 11.6. The summed E-state index contributed by atoms with van der Waals surface area (Å²) in [6.07, 6.45) is 10.6. The molecule has 2 saturated carbocycles. The molecule has 2 aromatic carbocycles. The van der Waals surface area contributed by atoms with Crippen LogP contribution < -0.4 is 16.1 Å². The monoisotopic (exact) mass is 818 g/mol. The highest BCUT2D eigenvalue weighted by Crippen LogP contribution is 2.40. The lowest BCUT2D eigenvalue weighted by Crippen LogP contribution is -2.29. The summed E-state index contributed by atoms with van der Waals surface area (Å²) < 4.78 is 45.1. The van der Waals surface area contributed by atoms with Gasteiger partial charge in [-0.3, -0.25) is 10.2 Å². The molecule has 6 aromatic rings. The molecule has 0 unspecified atom stereocenters. The maximum Gasteiger partial charge on any atom is 0.488 e. The minimum absolute atomic E-state index is 0.164. The van der Waals surface area contributed by atoms with Crippen LogP contribution in [0.4, 0.5) is 23.3 Å². The van der Waals surface area contributed by atoms with Crippen LogP contribution in [0.25, 0.3) is 11.4 Å². The molecule has 6 N–H and O–H groups in total. The highest BCUT2D eigenvalue weighted by Gasteiger charge is 2.26. The molecule has 4 aromatic heterocycles. The molecule has 20 heteroatoms. The first-order chi connectivity index (χ1) is 26.5. The van der Waals surface area contributed by atoms with Crippen molar-refractivity contribution in [3.05, 3.63) is 101 Å². The van der Waals surface area contributed by atoms with Gasteiger partial charge in [0, 0.05) is 77.0 Å². The third-order valence-electron chi connectivity index (χ3n) is 8.78. The van der Waals surface area contributed by atoms with Gasteiger partial charge in [-0.1, -0.05) is 12.1 Å². The molecular formula is C36H40BClN10O6S2. The van der Waals surface area contributed by atoms with Crippen molar-refractivity contribution in [2.24, 2.45) is 0 Å². The highest BCUT2D eigenvalue weighted by atomic mass is 35.5. The third kappa shape index (κ3) is 11.0. The van der Waals surface area contributed by atoms with Crippen molar-refractivity contribution in [3.8, 4) is 11.4 Å². The zero-order chi connectivity index (χ0) is 40.2. The SMILES string of the molecule is CS(=O)(=O)c1ccc(B(O)O)cc1.Cc1cnc(-c2ccc(S(C)(=O)=O)cc2)nc1Nc1cc(C2CC2)[nH]n1.Cc1cnc(Cl)nc1Nc1cc(C2CC2)[nH]n1. The summed E-state index contributed by atoms with van der Waals surface area (Å²) in [4.78, 5) is 17.4. The Morgan fingerprint density at radius 2 is 1.14 bits per heavy atom. The molecule has 8 rings (SSSR count). The highest BCUT2D eigenvalue weighted by molar-refractivity contribution is 7.91. The van der Waals surface area contributed by atoms with Crippen molar-refractivity contribution in [1.82, 2.24) is 40.3 Å². The molecule has 292 valence electrons. The van der Waals surface area contributed by atoms with Crippen LogP contribution in [0.2, 0.25) is 5.28 Å². The van der Waals surface area contributed by atoms with E-state index in [4.69, 9.17) is 21.6 Å². The Labute approximate surface area is 329 Å². The largest absolute Gasteiger partial charge is 0.488 e. The average Bonchev–Trinajstić information content (AvgIpc) is 4.10. The number of sulfone groups is 2. The topological polar surface area (TPSA) is 242 Å². The minimum atomic E-state index is -3.22. The second kappa shape index (κ2) is 16.9. The van der Waals surface area contributed by atoms with Crippen molar-refractivity contribution >= 4 is 67.1 Å². The lowest BCUT2D eigenvalue weighted by Gasteiger charge is -2.08. The molecule has 2 aliphatic rings. The van der Waals surface area contributed by atoms with Gasteiger partial charge in [-0.15, -0.1) is 0 Å². The standard InChI is InChI=1S/C18H19N5O2S.C11H12ClN5.C7H9BO4S/c1-11-10-19-18(13-5-7-14(8-6-13)26(2,24)25)21-17(11)20-16-9-15(22-23-16)12-3-4-12;1-6-5-13-11(12)15-10(6)14-9-4-8(16-17-9)7-2-3-7;1-13(11,12)7-4-2-6(3-5-7)8(9)10/h5-10,12H,3-4H2,1-2H3,(H2,19,20,21,22,23);4-5,7H,2-3H2,1H3,(H2,13,14,15,16,17);2-5,9-10H,1H3. The Morgan fingerprint density at radius 1 is 0.696 bits per heavy atom. The number of rotatable bonds is 10. The number of halogens is 1. The molecular weight excluding hydrogens is 779 g/mol. The zero-order valence-electron chi connectivity index (χ0n) is 30.9. The van der Waals surface area contributed by atoms with Crippen molar-refractivity contribution in [2.75, 3.05) is 23.1 Å². The summed E-state index contributed by atoms with van der Waals surface area (Å²) in [7, 11) is -7.99. The van der Waals surface area contributed by atoms with E-state index in [1.807, 2.05) is 26.0 Å². The summed E-state index contributed by atoms with van der Waals surface area (Å²) >= 11 is 5.76. The van der Waals surface area contributed by atoms with Gasteiger partial charge in [0.05, 0.1) is 9.79 Å². The fourth-order valence-electron chi connectivity index (χ4n) is 5.24. The van der Waals surface area contributed by atoms with E-state index in [1.54, 1.807) is 36.7 Å². The van der Waals surface area contributed by atoms with Crippen LogP contribution in [0.15, 0.2) is 82.8 Å². The lowest BCUT2D eigenvalue weighted by molar-refractivity contribution is 0.425. The van der Waals surface area contributed by atoms with Crippen LogP contribution in [-0.2, 0) is 19.7 Å². The first-order valence-corrected chi connectivity index (χ1v) is 21.6. The van der Waals surface area contributed by atoms with Crippen molar-refractivity contribution in [1.29, 1.82) is 0 Å². The number of anilines is 4. The molecule has 2 fully saturated rings. The van der Waals surface area contributed by atoms with Crippen LogP contribution in [0.1, 0.15) is 60.0 Å². The van der Waals surface area contributed by atoms with Gasteiger partial charge in [-0.25, -0.2) is 36.8 Å². The van der Waals surface area contributed by atoms with Crippen LogP contribution >= 0.6 is 11.6 Å². The predicted octanol–water partition coefficient (Wildman–Crippen LogP) is 4.75. The number of benzene rings is 2. The number of nitrogens with one attached hydrogen (secondary N) is 4. The second-order valence-corrected chi connectivity index (χ2v) is 18.0. The van der Waals surface area contributed by atoms with E-state index >= 15 is 0 Å². The van der Waals surface area contributed by atoms with Gasteiger partial charge in [0.15, 0.2) is 37.1 Å². The Morgan fingerprint density at radius 3 is 1.59 bits per heavy atom. The molecule has 0 bridgehead atoms. The van der Waals surface area contributed by atoms with Crippen LogP contribution in [-0.4, -0.2) is 86.8 Å². The first kappa shape index (κ1) is 40.5. The Kier molecular flexibility index (Phi) is 12.2. The number of H-pyrrole nitrogens is 2. The third-order valence-corrected chi connectivity index (χ3v) is 11.2. The van der Waals surface area contributed by atoms with Gasteiger partial charge in [0.2, 0.25) is 5.28 Å². The number of hydrogen-bond donors (Lipinski definition) is 6. The van der Waals surface area contributed by atoms with Crippen molar-refractivity contribution in [3.63, 3.8) is 0 Å². The van der Waals surface area contributed by atoms with Gasteiger partial charge in [0.1, 0.15) is 11.6 Å². The van der Waals surface area contributed by atoms with E-state index in [-0.39, 0.29) is 20.5 Å². The molecule has 0 aliphatic heterocycles. The smallest absolute Gasteiger partial charge is 0.423 e. The first-order valence-electron chi connectivity index (χ1n) is 17.5. The van der Waals surface area contributed by atoms with E-state index in [0.717, 1.165) is 40.3 Å². The maximum absolute atomic E-state index is 11.6. The normalized spacial score (nSPS) is 13.8. The fraction of sp³-hybridized carbons (Fsp3) is 0.278. The number of nitrogens with zero attached hydrogens (tertiary/aromatic N) is 6. The van der Waals surface area contributed by atoms with Gasteiger partial charge in [-0.05, 0) is 93.0 Å². The number of aromatic amines is 2. The van der Waals surface area contributed by atoms with Gasteiger partial charge < -0.3 is 20.7 Å². The Bertz CT molecular complexity index is 2530. The number of aryl methyl sites for hydroxylation is 2. The molecule has 16 nitrogen and oxygen atoms in total. The zero-order valence-corrected chi connectivity index (χ0v) is 33.3. The van der Waals surface area contributed by atoms with Gasteiger partial charge in [0.25, 0.3) is 0 Å². The van der Waals surface area contributed by atoms with E-state index < -0.39 is 26.8 Å². The van der Waals surface area contributed by atoms with E-state index in [0.29, 0.717) is 29.3 Å². The predicted molar refractivity (Wildman–Crippen MR) is 214 cm³/mol. The summed E-state index contributed by atoms with van der Waals surface area (Å²) in [6.45, 7) is 3.85. The summed E-state index contributed by atoms with van der Waals surface area (Å²) in [5.41, 5.74) is 5.19. The summed E-state index contributed by atoms with van der Waals surface area (Å²) in [5.74, 6) is 4.66. The van der Waals surface area contributed by atoms with Crippen molar-refractivity contribution < 1.29 is 26.9 Å². The van der Waals surface area contributed by atoms with E-state index in [1.165, 1.54) is 61.9 Å². The fourth-order valence-corrected chi connectivity index (χ4v) is 6.64. The molecule has 0 radical (unpaired) electrons. The summed E-state index contributed by atoms with van der Waals surface area (Å²) in [5, 5.41) is 38.6. The molecule has 2 aliphatic carbocycles. The second-order valence-electron chi connectivity index (χ2n) is 13.6. The van der Waals surface area contributed by atoms with E-state index in [2.05, 4.69) is 51.0 Å². The number of hydrogen-bond acceptors (Lipinski definition) is 14. The number of aromatic nitrogens is 8. The van der Waals surface area contributed by atoms with Crippen LogP contribution in [0.3, 0.4) is 0 Å². The van der Waals surface area contributed by atoms with Gasteiger partial charge in [-0.2, -0.15) is 10.2 Å². The molecule has 4 heterocycles. The van der Waals surface area contributed by atoms with Crippen molar-refractivity contribution in [2.45, 2.75) is 61.2 Å². The Hall–Kier alpha value is -5.21. The van der Waals surface area contributed by atoms with Gasteiger partial charge >= 0.3 is 7.12 Å². The minimum Gasteiger partial charge on any atom is -0.423 e. The lowest BCUT2D eigenvalue weighted by atomic mass is 9.81. The molecule has 0 spiro atoms. The van der Waals surface area contributed by atoms with Crippen LogP contribution in [0, 0.1) is 13.8 Å².